The number of hydrogen-bond acceptors (Lipinski definition) is 4. The number of benzene rings is 1. The second kappa shape index (κ2) is 7.32. The van der Waals surface area contributed by atoms with Gasteiger partial charge in [-0.05, 0) is 29.9 Å². The molecule has 0 spiro atoms. The number of anilines is 1. The van der Waals surface area contributed by atoms with Crippen molar-refractivity contribution in [3.05, 3.63) is 29.8 Å². The zero-order chi connectivity index (χ0) is 15.3. The number of nitrogens with zero attached hydrogens (tertiary/aromatic N) is 1. The summed E-state index contributed by atoms with van der Waals surface area (Å²) in [5, 5.41) is 5.14. The Hall–Kier alpha value is -1.000. The van der Waals surface area contributed by atoms with E-state index in [0.29, 0.717) is 10.7 Å². The second-order valence-corrected chi connectivity index (χ2v) is 7.96. The Bertz CT molecular complexity index is 494. The lowest BCUT2D eigenvalue weighted by Gasteiger charge is -2.21. The quantitative estimate of drug-likeness (QED) is 0.885. The van der Waals surface area contributed by atoms with Crippen LogP contribution in [0.25, 0.3) is 0 Å². The molecular weight excluding hydrogens is 280 g/mol. The molecule has 1 unspecified atom stereocenters. The molecule has 1 atom stereocenters. The fourth-order valence-electron chi connectivity index (χ4n) is 2.46. The molecule has 21 heavy (non-hydrogen) atoms. The van der Waals surface area contributed by atoms with Gasteiger partial charge in [-0.25, -0.2) is 0 Å². The van der Waals surface area contributed by atoms with Crippen LogP contribution in [0.5, 0.6) is 0 Å². The molecule has 1 aliphatic rings. The van der Waals surface area contributed by atoms with Crippen LogP contribution >= 0.6 is 11.8 Å². The SMILES string of the molecule is COCCc1ccccc1NC1=NCC(CC(C)(C)C)S1. The van der Waals surface area contributed by atoms with E-state index in [1.165, 1.54) is 12.0 Å². The van der Waals surface area contributed by atoms with Crippen LogP contribution in [0, 0.1) is 5.41 Å². The standard InChI is InChI=1S/C17H26N2OS/c1-17(2,3)11-14-12-18-16(21-14)19-15-8-6-5-7-13(15)9-10-20-4/h5-8,14H,9-12H2,1-4H3,(H,18,19). The molecule has 0 saturated heterocycles. The molecule has 0 aromatic heterocycles. The summed E-state index contributed by atoms with van der Waals surface area (Å²) in [7, 11) is 1.74. The smallest absolute Gasteiger partial charge is 0.161 e. The largest absolute Gasteiger partial charge is 0.384 e. The van der Waals surface area contributed by atoms with Gasteiger partial charge < -0.3 is 10.1 Å². The molecule has 1 N–H and O–H groups in total. The summed E-state index contributed by atoms with van der Waals surface area (Å²) >= 11 is 1.87. The van der Waals surface area contributed by atoms with Crippen molar-refractivity contribution in [1.82, 2.24) is 0 Å². The van der Waals surface area contributed by atoms with Crippen LogP contribution < -0.4 is 5.32 Å². The number of aliphatic imine (C=N–C) groups is 1. The van der Waals surface area contributed by atoms with E-state index in [-0.39, 0.29) is 0 Å². The van der Waals surface area contributed by atoms with Gasteiger partial charge in [0.25, 0.3) is 0 Å². The van der Waals surface area contributed by atoms with Gasteiger partial charge in [0.1, 0.15) is 0 Å². The number of nitrogens with one attached hydrogen (secondary N) is 1. The minimum atomic E-state index is 0.360. The summed E-state index contributed by atoms with van der Waals surface area (Å²) in [4.78, 5) is 4.66. The van der Waals surface area contributed by atoms with Gasteiger partial charge in [0, 0.05) is 18.0 Å². The van der Waals surface area contributed by atoms with Crippen LogP contribution in [-0.2, 0) is 11.2 Å². The van der Waals surface area contributed by atoms with E-state index < -0.39 is 0 Å². The van der Waals surface area contributed by atoms with E-state index in [4.69, 9.17) is 4.74 Å². The van der Waals surface area contributed by atoms with E-state index in [1.54, 1.807) is 7.11 Å². The first-order valence-corrected chi connectivity index (χ1v) is 8.41. The Morgan fingerprint density at radius 2 is 2.10 bits per heavy atom. The summed E-state index contributed by atoms with van der Waals surface area (Å²) in [5.74, 6) is 0. The zero-order valence-electron chi connectivity index (χ0n) is 13.5. The van der Waals surface area contributed by atoms with Crippen LogP contribution in [0.2, 0.25) is 0 Å². The third-order valence-electron chi connectivity index (χ3n) is 3.39. The molecule has 1 aromatic carbocycles. The van der Waals surface area contributed by atoms with Crippen molar-refractivity contribution in [2.75, 3.05) is 25.6 Å². The first-order chi connectivity index (χ1) is 9.98. The Kier molecular flexibility index (Phi) is 5.71. The summed E-state index contributed by atoms with van der Waals surface area (Å²) < 4.78 is 5.18. The number of amidine groups is 1. The molecule has 0 amide bonds. The van der Waals surface area contributed by atoms with Crippen molar-refractivity contribution < 1.29 is 4.74 Å². The predicted molar refractivity (Wildman–Crippen MR) is 93.4 cm³/mol. The molecule has 0 bridgehead atoms. The second-order valence-electron chi connectivity index (χ2n) is 6.68. The molecule has 116 valence electrons. The van der Waals surface area contributed by atoms with Crippen molar-refractivity contribution in [2.45, 2.75) is 38.9 Å². The van der Waals surface area contributed by atoms with Crippen molar-refractivity contribution in [3.63, 3.8) is 0 Å². The highest BCUT2D eigenvalue weighted by Crippen LogP contribution is 2.32. The molecule has 0 saturated carbocycles. The summed E-state index contributed by atoms with van der Waals surface area (Å²) in [6.07, 6.45) is 2.11. The molecule has 0 radical (unpaired) electrons. The van der Waals surface area contributed by atoms with E-state index in [1.807, 2.05) is 11.8 Å². The van der Waals surface area contributed by atoms with Crippen LogP contribution in [0.1, 0.15) is 32.8 Å². The number of para-hydroxylation sites is 1. The minimum absolute atomic E-state index is 0.360. The Morgan fingerprint density at radius 3 is 2.81 bits per heavy atom. The van der Waals surface area contributed by atoms with Crippen LogP contribution in [0.3, 0.4) is 0 Å². The normalized spacial score (nSPS) is 18.7. The molecule has 3 nitrogen and oxygen atoms in total. The highest BCUT2D eigenvalue weighted by molar-refractivity contribution is 8.15. The molecule has 1 heterocycles. The topological polar surface area (TPSA) is 33.6 Å². The highest BCUT2D eigenvalue weighted by atomic mass is 32.2. The molecule has 1 aliphatic heterocycles. The molecule has 0 fully saturated rings. The van der Waals surface area contributed by atoms with Gasteiger partial charge in [-0.15, -0.1) is 0 Å². The Morgan fingerprint density at radius 1 is 1.33 bits per heavy atom. The van der Waals surface area contributed by atoms with Gasteiger partial charge in [-0.2, -0.15) is 0 Å². The maximum atomic E-state index is 5.18. The number of methoxy groups -OCH3 is 1. The lowest BCUT2D eigenvalue weighted by atomic mass is 9.90. The molecule has 4 heteroatoms. The fourth-order valence-corrected chi connectivity index (χ4v) is 3.83. The van der Waals surface area contributed by atoms with Crippen molar-refractivity contribution in [3.8, 4) is 0 Å². The van der Waals surface area contributed by atoms with E-state index in [0.717, 1.165) is 30.4 Å². The lowest BCUT2D eigenvalue weighted by Crippen LogP contribution is -2.16. The maximum absolute atomic E-state index is 5.18. The number of hydrogen-bond donors (Lipinski definition) is 1. The third-order valence-corrected chi connectivity index (χ3v) is 4.49. The van der Waals surface area contributed by atoms with Crippen LogP contribution in [-0.4, -0.2) is 30.7 Å². The number of ether oxygens (including phenoxy) is 1. The first kappa shape index (κ1) is 16.4. The van der Waals surface area contributed by atoms with Gasteiger partial charge in [0.2, 0.25) is 0 Å². The van der Waals surface area contributed by atoms with Crippen molar-refractivity contribution in [1.29, 1.82) is 0 Å². The van der Waals surface area contributed by atoms with E-state index in [9.17, 15) is 0 Å². The minimum Gasteiger partial charge on any atom is -0.384 e. The molecule has 0 aliphatic carbocycles. The predicted octanol–water partition coefficient (Wildman–Crippen LogP) is 4.20. The maximum Gasteiger partial charge on any atom is 0.161 e. The first-order valence-electron chi connectivity index (χ1n) is 7.53. The Labute approximate surface area is 132 Å². The van der Waals surface area contributed by atoms with Gasteiger partial charge in [0.15, 0.2) is 5.17 Å². The van der Waals surface area contributed by atoms with Gasteiger partial charge in [-0.1, -0.05) is 50.7 Å². The van der Waals surface area contributed by atoms with Crippen molar-refractivity contribution >= 4 is 22.6 Å². The highest BCUT2D eigenvalue weighted by Gasteiger charge is 2.25. The number of thioether (sulfide) groups is 1. The van der Waals surface area contributed by atoms with Gasteiger partial charge in [-0.3, -0.25) is 4.99 Å². The third kappa shape index (κ3) is 5.36. The van der Waals surface area contributed by atoms with E-state index >= 15 is 0 Å². The van der Waals surface area contributed by atoms with E-state index in [2.05, 4.69) is 55.3 Å². The average Bonchev–Trinajstić information content (AvgIpc) is 2.83. The zero-order valence-corrected chi connectivity index (χ0v) is 14.3. The summed E-state index contributed by atoms with van der Waals surface area (Å²) in [5.41, 5.74) is 2.79. The molecular formula is C17H26N2OS. The monoisotopic (exact) mass is 306 g/mol. The fraction of sp³-hybridized carbons (Fsp3) is 0.588. The number of rotatable bonds is 5. The van der Waals surface area contributed by atoms with Crippen LogP contribution in [0.4, 0.5) is 5.69 Å². The van der Waals surface area contributed by atoms with Gasteiger partial charge >= 0.3 is 0 Å². The summed E-state index contributed by atoms with van der Waals surface area (Å²) in [6.45, 7) is 8.53. The average molecular weight is 306 g/mol. The Balaban J connectivity index is 1.94. The molecule has 1 aromatic rings. The van der Waals surface area contributed by atoms with Crippen LogP contribution in [0.15, 0.2) is 29.3 Å². The van der Waals surface area contributed by atoms with Crippen molar-refractivity contribution in [2.24, 2.45) is 10.4 Å². The lowest BCUT2D eigenvalue weighted by molar-refractivity contribution is 0.202. The van der Waals surface area contributed by atoms with Gasteiger partial charge in [0.05, 0.1) is 13.2 Å². The molecule has 2 rings (SSSR count). The summed E-state index contributed by atoms with van der Waals surface area (Å²) in [6, 6.07) is 8.40.